The molecule has 17 nitrogen and oxygen atoms in total. The molecule has 38 heavy (non-hydrogen) atoms. The van der Waals surface area contributed by atoms with Gasteiger partial charge in [-0.25, -0.2) is 4.79 Å². The number of aliphatic carboxylic acids is 2. The maximum Gasteiger partial charge on any atom is 0.328 e. The molecule has 0 rings (SSSR count). The van der Waals surface area contributed by atoms with E-state index in [4.69, 9.17) is 32.2 Å². The third-order valence-electron chi connectivity index (χ3n) is 5.11. The molecule has 216 valence electrons. The summed E-state index contributed by atoms with van der Waals surface area (Å²) in [5, 5.41) is 46.0. The maximum absolute atomic E-state index is 13.0. The van der Waals surface area contributed by atoms with Crippen molar-refractivity contribution in [1.82, 2.24) is 26.6 Å². The van der Waals surface area contributed by atoms with Crippen LogP contribution in [0.4, 0.5) is 0 Å². The molecule has 0 aromatic rings. The molecule has 0 radical (unpaired) electrons. The molecular formula is C21H38N8O9. The first-order valence-electron chi connectivity index (χ1n) is 11.8. The summed E-state index contributed by atoms with van der Waals surface area (Å²) in [4.78, 5) is 72.2. The van der Waals surface area contributed by atoms with Gasteiger partial charge < -0.3 is 53.4 Å². The first-order chi connectivity index (χ1) is 17.7. The van der Waals surface area contributed by atoms with Gasteiger partial charge in [0.25, 0.3) is 0 Å². The number of carboxylic acids is 2. The number of nitrogens with two attached hydrogens (primary N) is 2. The Kier molecular flexibility index (Phi) is 15.6. The monoisotopic (exact) mass is 546 g/mol. The summed E-state index contributed by atoms with van der Waals surface area (Å²) in [6, 6.07) is -6.58. The highest BCUT2D eigenvalue weighted by atomic mass is 16.4. The lowest BCUT2D eigenvalue weighted by Crippen LogP contribution is -2.58. The molecule has 0 unspecified atom stereocenters. The molecule has 13 N–H and O–H groups in total. The van der Waals surface area contributed by atoms with E-state index in [1.54, 1.807) is 6.92 Å². The standard InChI is InChI=1S/C21H38N8O9/c1-3-5-12(18(35)29-14(9-30)20(37)38)28-19(36)13(6-4-7-25-21(23)24)27-16(33)10(2)26-17(34)11(22)8-15(31)32/h10-14,30H,3-9,22H2,1-2H3,(H,26,34)(H,27,33)(H,28,36)(H,29,35)(H,31,32)(H,37,38)(H4,23,24,25)/t10-,11+,12+,13+,14-/m1/s1. The Labute approximate surface area is 219 Å². The number of nitrogens with one attached hydrogen (secondary N) is 6. The van der Waals surface area contributed by atoms with Crippen LogP contribution in [0.5, 0.6) is 0 Å². The number of hydrogen-bond acceptors (Lipinski definition) is 9. The Bertz CT molecular complexity index is 870. The van der Waals surface area contributed by atoms with Gasteiger partial charge in [0.15, 0.2) is 5.96 Å². The van der Waals surface area contributed by atoms with Gasteiger partial charge in [0.05, 0.1) is 19.1 Å². The number of hydrogen-bond donors (Lipinski definition) is 11. The molecule has 5 atom stereocenters. The minimum atomic E-state index is -1.58. The van der Waals surface area contributed by atoms with Gasteiger partial charge in [-0.3, -0.25) is 29.4 Å². The van der Waals surface area contributed by atoms with Crippen LogP contribution < -0.4 is 38.1 Å². The molecule has 0 saturated carbocycles. The minimum Gasteiger partial charge on any atom is -0.481 e. The summed E-state index contributed by atoms with van der Waals surface area (Å²) in [6.07, 6.45) is 0.156. The van der Waals surface area contributed by atoms with Crippen LogP contribution >= 0.6 is 0 Å². The topological polar surface area (TPSA) is 299 Å². The van der Waals surface area contributed by atoms with Crippen LogP contribution in [-0.2, 0) is 28.8 Å². The van der Waals surface area contributed by atoms with E-state index in [2.05, 4.69) is 26.6 Å². The van der Waals surface area contributed by atoms with Crippen molar-refractivity contribution in [3.63, 3.8) is 0 Å². The Morgan fingerprint density at radius 2 is 1.37 bits per heavy atom. The number of aliphatic hydroxyl groups excluding tert-OH is 1. The number of carboxylic acid groups (broad SMARTS) is 2. The first kappa shape index (κ1) is 34.0. The van der Waals surface area contributed by atoms with Gasteiger partial charge in [0.2, 0.25) is 23.6 Å². The zero-order chi connectivity index (χ0) is 29.4. The highest BCUT2D eigenvalue weighted by molar-refractivity contribution is 5.95. The van der Waals surface area contributed by atoms with Crippen molar-refractivity contribution < 1.29 is 44.1 Å². The molecule has 0 bridgehead atoms. The number of carbonyl (C=O) groups is 6. The lowest BCUT2D eigenvalue weighted by atomic mass is 10.1. The predicted octanol–water partition coefficient (Wildman–Crippen LogP) is -4.11. The van der Waals surface area contributed by atoms with E-state index >= 15 is 0 Å². The fourth-order valence-electron chi connectivity index (χ4n) is 3.05. The first-order valence-corrected chi connectivity index (χ1v) is 11.8. The highest BCUT2D eigenvalue weighted by Gasteiger charge is 2.30. The van der Waals surface area contributed by atoms with Crippen LogP contribution in [0.3, 0.4) is 0 Å². The van der Waals surface area contributed by atoms with Gasteiger partial charge in [-0.15, -0.1) is 0 Å². The van der Waals surface area contributed by atoms with Crippen LogP contribution in [0, 0.1) is 5.41 Å². The fourth-order valence-corrected chi connectivity index (χ4v) is 3.05. The van der Waals surface area contributed by atoms with Gasteiger partial charge >= 0.3 is 11.9 Å². The highest BCUT2D eigenvalue weighted by Crippen LogP contribution is 2.04. The molecule has 0 heterocycles. The van der Waals surface area contributed by atoms with E-state index in [1.807, 2.05) is 0 Å². The van der Waals surface area contributed by atoms with E-state index in [-0.39, 0.29) is 31.8 Å². The maximum atomic E-state index is 13.0. The molecule has 0 aromatic heterocycles. The van der Waals surface area contributed by atoms with E-state index in [1.165, 1.54) is 6.92 Å². The summed E-state index contributed by atoms with van der Waals surface area (Å²) in [7, 11) is 0. The fraction of sp³-hybridized carbons (Fsp3) is 0.667. The van der Waals surface area contributed by atoms with Crippen molar-refractivity contribution in [3.05, 3.63) is 0 Å². The van der Waals surface area contributed by atoms with E-state index in [9.17, 15) is 28.8 Å². The molecule has 0 spiro atoms. The van der Waals surface area contributed by atoms with Gasteiger partial charge in [0.1, 0.15) is 24.2 Å². The molecule has 0 aliphatic heterocycles. The normalized spacial score (nSPS) is 14.5. The summed E-state index contributed by atoms with van der Waals surface area (Å²) in [5.41, 5.74) is 10.7. The Morgan fingerprint density at radius 3 is 1.84 bits per heavy atom. The van der Waals surface area contributed by atoms with E-state index in [0.717, 1.165) is 0 Å². The van der Waals surface area contributed by atoms with Gasteiger partial charge in [-0.2, -0.15) is 0 Å². The molecule has 0 aliphatic rings. The van der Waals surface area contributed by atoms with Crippen molar-refractivity contribution >= 4 is 41.5 Å². The van der Waals surface area contributed by atoms with Crippen molar-refractivity contribution in [2.45, 2.75) is 76.2 Å². The zero-order valence-electron chi connectivity index (χ0n) is 21.3. The molecular weight excluding hydrogens is 508 g/mol. The number of aliphatic hydroxyl groups is 1. The summed E-state index contributed by atoms with van der Waals surface area (Å²) >= 11 is 0. The second kappa shape index (κ2) is 17.5. The molecule has 0 saturated heterocycles. The van der Waals surface area contributed by atoms with Gasteiger partial charge in [-0.05, 0) is 26.2 Å². The summed E-state index contributed by atoms with van der Waals surface area (Å²) in [6.45, 7) is 2.33. The van der Waals surface area contributed by atoms with Crippen molar-refractivity contribution in [2.75, 3.05) is 13.2 Å². The Morgan fingerprint density at radius 1 is 0.842 bits per heavy atom. The average Bonchev–Trinajstić information content (AvgIpc) is 2.82. The molecule has 0 aliphatic carbocycles. The lowest BCUT2D eigenvalue weighted by Gasteiger charge is -2.25. The van der Waals surface area contributed by atoms with Gasteiger partial charge in [0, 0.05) is 6.54 Å². The van der Waals surface area contributed by atoms with Crippen LogP contribution in [0.25, 0.3) is 0 Å². The SMILES string of the molecule is CCC[C@H](NC(=O)[C@H](CCCNC(=N)N)NC(=O)[C@@H](C)NC(=O)[C@@H](N)CC(=O)O)C(=O)N[C@H](CO)C(=O)O. The Balaban J connectivity index is 5.49. The molecule has 4 amide bonds. The minimum absolute atomic E-state index is 0.0197. The summed E-state index contributed by atoms with van der Waals surface area (Å²) in [5.74, 6) is -6.41. The quantitative estimate of drug-likeness (QED) is 0.0444. The number of rotatable bonds is 18. The largest absolute Gasteiger partial charge is 0.481 e. The van der Waals surface area contributed by atoms with E-state index in [0.29, 0.717) is 6.42 Å². The molecule has 0 fully saturated rings. The van der Waals surface area contributed by atoms with Crippen LogP contribution in [0.15, 0.2) is 0 Å². The van der Waals surface area contributed by atoms with Crippen molar-refractivity contribution in [1.29, 1.82) is 5.41 Å². The second-order valence-electron chi connectivity index (χ2n) is 8.41. The second-order valence-corrected chi connectivity index (χ2v) is 8.41. The third kappa shape index (κ3) is 13.4. The van der Waals surface area contributed by atoms with Crippen molar-refractivity contribution in [3.8, 4) is 0 Å². The lowest BCUT2D eigenvalue weighted by molar-refractivity contribution is -0.143. The number of amides is 4. The summed E-state index contributed by atoms with van der Waals surface area (Å²) < 4.78 is 0. The zero-order valence-corrected chi connectivity index (χ0v) is 21.3. The molecule has 0 aromatic carbocycles. The van der Waals surface area contributed by atoms with Gasteiger partial charge in [-0.1, -0.05) is 13.3 Å². The van der Waals surface area contributed by atoms with Crippen LogP contribution in [0.1, 0.15) is 46.0 Å². The van der Waals surface area contributed by atoms with Crippen LogP contribution in [0.2, 0.25) is 0 Å². The number of carbonyl (C=O) groups excluding carboxylic acids is 4. The van der Waals surface area contributed by atoms with Crippen molar-refractivity contribution in [2.24, 2.45) is 11.5 Å². The molecule has 17 heteroatoms. The van der Waals surface area contributed by atoms with E-state index < -0.39 is 78.8 Å². The Hall–Kier alpha value is -3.99. The average molecular weight is 547 g/mol. The number of guanidine groups is 1. The third-order valence-corrected chi connectivity index (χ3v) is 5.11. The predicted molar refractivity (Wildman–Crippen MR) is 132 cm³/mol. The van der Waals surface area contributed by atoms with Crippen LogP contribution in [-0.4, -0.2) is 100 Å². The smallest absolute Gasteiger partial charge is 0.328 e.